The molecule has 0 amide bonds. The molecular formula is C14H19N3O. The first-order chi connectivity index (χ1) is 8.74. The monoisotopic (exact) mass is 245 g/mol. The van der Waals surface area contributed by atoms with Crippen LogP contribution in [0, 0.1) is 0 Å². The molecule has 0 radical (unpaired) electrons. The van der Waals surface area contributed by atoms with Crippen LogP contribution < -0.4 is 4.74 Å². The number of para-hydroxylation sites is 2. The summed E-state index contributed by atoms with van der Waals surface area (Å²) in [4.78, 5) is 6.89. The number of hydrogen-bond donors (Lipinski definition) is 0. The maximum atomic E-state index is 6.04. The topological polar surface area (TPSA) is 30.3 Å². The molecule has 4 nitrogen and oxygen atoms in total. The number of hydrogen-bond acceptors (Lipinski definition) is 3. The molecule has 1 fully saturated rings. The van der Waals surface area contributed by atoms with Crippen molar-refractivity contribution in [3.05, 3.63) is 24.3 Å². The Bertz CT molecular complexity index is 541. The Morgan fingerprint density at radius 2 is 1.89 bits per heavy atom. The van der Waals surface area contributed by atoms with Crippen molar-refractivity contribution in [2.24, 2.45) is 7.05 Å². The lowest BCUT2D eigenvalue weighted by Crippen LogP contribution is -2.36. The molecule has 0 atom stereocenters. The van der Waals surface area contributed by atoms with Gasteiger partial charge in [0.15, 0.2) is 0 Å². The number of aryl methyl sites for hydroxylation is 1. The highest BCUT2D eigenvalue weighted by Crippen LogP contribution is 2.22. The minimum absolute atomic E-state index is 0.303. The van der Waals surface area contributed by atoms with Gasteiger partial charge in [0, 0.05) is 20.1 Å². The van der Waals surface area contributed by atoms with Crippen molar-refractivity contribution in [3.63, 3.8) is 0 Å². The van der Waals surface area contributed by atoms with Crippen molar-refractivity contribution >= 4 is 11.0 Å². The van der Waals surface area contributed by atoms with Crippen molar-refractivity contribution in [2.45, 2.75) is 18.9 Å². The fourth-order valence-corrected chi connectivity index (χ4v) is 2.48. The first-order valence-electron chi connectivity index (χ1n) is 6.50. The molecule has 0 bridgehead atoms. The molecule has 1 aromatic heterocycles. The second-order valence-corrected chi connectivity index (χ2v) is 5.06. The third-order valence-electron chi connectivity index (χ3n) is 3.68. The van der Waals surface area contributed by atoms with Gasteiger partial charge in [-0.1, -0.05) is 12.1 Å². The summed E-state index contributed by atoms with van der Waals surface area (Å²) in [5.41, 5.74) is 2.13. The zero-order valence-electron chi connectivity index (χ0n) is 11.0. The number of imidazole rings is 1. The average molecular weight is 245 g/mol. The van der Waals surface area contributed by atoms with Crippen LogP contribution in [-0.4, -0.2) is 40.7 Å². The van der Waals surface area contributed by atoms with Crippen molar-refractivity contribution in [1.29, 1.82) is 0 Å². The molecule has 1 saturated heterocycles. The smallest absolute Gasteiger partial charge is 0.297 e. The van der Waals surface area contributed by atoms with E-state index in [-0.39, 0.29) is 0 Å². The molecule has 2 aromatic rings. The molecule has 1 aliphatic rings. The summed E-state index contributed by atoms with van der Waals surface area (Å²) >= 11 is 0. The van der Waals surface area contributed by atoms with Gasteiger partial charge in [-0.2, -0.15) is 4.98 Å². The number of ether oxygens (including phenoxy) is 1. The first-order valence-corrected chi connectivity index (χ1v) is 6.50. The van der Waals surface area contributed by atoms with Crippen LogP contribution >= 0.6 is 0 Å². The summed E-state index contributed by atoms with van der Waals surface area (Å²) in [6, 6.07) is 8.88. The Hall–Kier alpha value is -1.55. The number of nitrogens with zero attached hydrogens (tertiary/aromatic N) is 3. The molecule has 4 heteroatoms. The summed E-state index contributed by atoms with van der Waals surface area (Å²) < 4.78 is 8.08. The zero-order chi connectivity index (χ0) is 12.5. The fourth-order valence-electron chi connectivity index (χ4n) is 2.48. The average Bonchev–Trinajstić information content (AvgIpc) is 2.70. The van der Waals surface area contributed by atoms with Gasteiger partial charge in [-0.3, -0.25) is 4.57 Å². The van der Waals surface area contributed by atoms with Gasteiger partial charge in [0.05, 0.1) is 11.0 Å². The largest absolute Gasteiger partial charge is 0.461 e. The van der Waals surface area contributed by atoms with Gasteiger partial charge >= 0.3 is 0 Å². The molecule has 1 aliphatic heterocycles. The van der Waals surface area contributed by atoms with Crippen molar-refractivity contribution < 1.29 is 4.74 Å². The Balaban J connectivity index is 1.80. The van der Waals surface area contributed by atoms with E-state index in [0.29, 0.717) is 6.10 Å². The van der Waals surface area contributed by atoms with Crippen molar-refractivity contribution in [1.82, 2.24) is 14.5 Å². The summed E-state index contributed by atoms with van der Waals surface area (Å²) in [5, 5.41) is 0. The fraction of sp³-hybridized carbons (Fsp3) is 0.500. The first kappa shape index (κ1) is 11.5. The quantitative estimate of drug-likeness (QED) is 0.811. The van der Waals surface area contributed by atoms with E-state index >= 15 is 0 Å². The van der Waals surface area contributed by atoms with E-state index in [2.05, 4.69) is 23.0 Å². The van der Waals surface area contributed by atoms with Crippen molar-refractivity contribution in [2.75, 3.05) is 20.1 Å². The molecule has 96 valence electrons. The van der Waals surface area contributed by atoms with E-state index in [1.807, 2.05) is 29.8 Å². The molecule has 0 aliphatic carbocycles. The normalized spacial score (nSPS) is 18.3. The van der Waals surface area contributed by atoms with Crippen LogP contribution in [0.3, 0.4) is 0 Å². The third kappa shape index (κ3) is 2.08. The van der Waals surface area contributed by atoms with Crippen LogP contribution in [-0.2, 0) is 7.05 Å². The molecular weight excluding hydrogens is 226 g/mol. The number of rotatable bonds is 2. The summed E-state index contributed by atoms with van der Waals surface area (Å²) in [5.74, 6) is 0. The maximum absolute atomic E-state index is 6.04. The summed E-state index contributed by atoms with van der Waals surface area (Å²) in [7, 11) is 4.17. The van der Waals surface area contributed by atoms with E-state index in [1.165, 1.54) is 0 Å². The third-order valence-corrected chi connectivity index (χ3v) is 3.68. The standard InChI is InChI=1S/C14H19N3O/c1-16-9-7-11(8-10-16)18-14-15-12-5-3-4-6-13(12)17(14)2/h3-6,11H,7-10H2,1-2H3. The molecule has 0 saturated carbocycles. The summed E-state index contributed by atoms with van der Waals surface area (Å²) in [6.07, 6.45) is 2.47. The van der Waals surface area contributed by atoms with Crippen LogP contribution in [0.5, 0.6) is 6.01 Å². The van der Waals surface area contributed by atoms with Crippen LogP contribution in [0.25, 0.3) is 11.0 Å². The predicted molar refractivity (Wildman–Crippen MR) is 71.9 cm³/mol. The van der Waals surface area contributed by atoms with Gasteiger partial charge in [0.1, 0.15) is 6.10 Å². The van der Waals surface area contributed by atoms with Gasteiger partial charge in [0.2, 0.25) is 0 Å². The second kappa shape index (κ2) is 4.61. The van der Waals surface area contributed by atoms with Crippen LogP contribution in [0.4, 0.5) is 0 Å². The van der Waals surface area contributed by atoms with E-state index < -0.39 is 0 Å². The van der Waals surface area contributed by atoms with Crippen LogP contribution in [0.15, 0.2) is 24.3 Å². The molecule has 0 spiro atoms. The predicted octanol–water partition coefficient (Wildman–Crippen LogP) is 2.05. The molecule has 1 aromatic carbocycles. The van der Waals surface area contributed by atoms with Crippen molar-refractivity contribution in [3.8, 4) is 6.01 Å². The molecule has 0 N–H and O–H groups in total. The Kier molecular flexibility index (Phi) is 2.96. The Morgan fingerprint density at radius 1 is 1.17 bits per heavy atom. The SMILES string of the molecule is CN1CCC(Oc2nc3ccccc3n2C)CC1. The number of fused-ring (bicyclic) bond motifs is 1. The van der Waals surface area contributed by atoms with Crippen LogP contribution in [0.2, 0.25) is 0 Å². The van der Waals surface area contributed by atoms with Gasteiger partial charge in [-0.05, 0) is 32.0 Å². The van der Waals surface area contributed by atoms with E-state index in [0.717, 1.165) is 43.0 Å². The minimum Gasteiger partial charge on any atom is -0.461 e. The number of likely N-dealkylation sites (tertiary alicyclic amines) is 1. The highest BCUT2D eigenvalue weighted by atomic mass is 16.5. The summed E-state index contributed by atoms with van der Waals surface area (Å²) in [6.45, 7) is 2.21. The highest BCUT2D eigenvalue weighted by Gasteiger charge is 2.20. The lowest BCUT2D eigenvalue weighted by molar-refractivity contribution is 0.103. The van der Waals surface area contributed by atoms with Crippen LogP contribution in [0.1, 0.15) is 12.8 Å². The van der Waals surface area contributed by atoms with Gasteiger partial charge in [-0.25, -0.2) is 0 Å². The molecule has 18 heavy (non-hydrogen) atoms. The number of benzene rings is 1. The lowest BCUT2D eigenvalue weighted by atomic mass is 10.1. The van der Waals surface area contributed by atoms with E-state index in [9.17, 15) is 0 Å². The van der Waals surface area contributed by atoms with Gasteiger partial charge in [0.25, 0.3) is 6.01 Å². The molecule has 2 heterocycles. The van der Waals surface area contributed by atoms with E-state index in [1.54, 1.807) is 0 Å². The number of piperidine rings is 1. The second-order valence-electron chi connectivity index (χ2n) is 5.06. The maximum Gasteiger partial charge on any atom is 0.297 e. The highest BCUT2D eigenvalue weighted by molar-refractivity contribution is 5.76. The molecule has 0 unspecified atom stereocenters. The van der Waals surface area contributed by atoms with Gasteiger partial charge in [-0.15, -0.1) is 0 Å². The lowest BCUT2D eigenvalue weighted by Gasteiger charge is -2.28. The Morgan fingerprint density at radius 3 is 2.61 bits per heavy atom. The zero-order valence-corrected chi connectivity index (χ0v) is 11.0. The van der Waals surface area contributed by atoms with E-state index in [4.69, 9.17) is 4.74 Å². The minimum atomic E-state index is 0.303. The molecule has 3 rings (SSSR count). The Labute approximate surface area is 107 Å². The van der Waals surface area contributed by atoms with Gasteiger partial charge < -0.3 is 9.64 Å². The number of aromatic nitrogens is 2.